The monoisotopic (exact) mass is 362 g/mol. The molecule has 0 saturated carbocycles. The maximum absolute atomic E-state index is 11.7. The molecule has 2 rings (SSSR count). The Bertz CT molecular complexity index is 764. The van der Waals surface area contributed by atoms with Crippen molar-refractivity contribution in [2.24, 2.45) is 0 Å². The van der Waals surface area contributed by atoms with Gasteiger partial charge in [-0.3, -0.25) is 20.4 Å². The molecule has 2 aromatic carbocycles. The first-order valence-electron chi connectivity index (χ1n) is 7.61. The fraction of sp³-hybridized carbons (Fsp3) is 0.222. The van der Waals surface area contributed by atoms with Gasteiger partial charge in [-0.1, -0.05) is 29.8 Å². The molecule has 0 atom stereocenters. The van der Waals surface area contributed by atoms with E-state index in [9.17, 15) is 9.59 Å². The molecule has 0 fully saturated rings. The Hall–Kier alpha value is -2.73. The molecule has 0 aliphatic rings. The summed E-state index contributed by atoms with van der Waals surface area (Å²) in [5.41, 5.74) is 6.71. The van der Waals surface area contributed by atoms with Gasteiger partial charge in [-0.25, -0.2) is 0 Å². The van der Waals surface area contributed by atoms with Crippen LogP contribution in [0.25, 0.3) is 0 Å². The van der Waals surface area contributed by atoms with Crippen molar-refractivity contribution in [2.45, 2.75) is 13.8 Å². The molecular formula is C18H19ClN2O4. The minimum atomic E-state index is -0.514. The molecule has 2 aromatic rings. The molecule has 0 aliphatic heterocycles. The molecule has 0 bridgehead atoms. The number of hydrazine groups is 1. The first kappa shape index (κ1) is 18.6. The van der Waals surface area contributed by atoms with E-state index in [-0.39, 0.29) is 13.2 Å². The lowest BCUT2D eigenvalue weighted by atomic mass is 10.1. The standard InChI is InChI=1S/C18H19ClN2O4/c1-12-7-8-14(9-13(12)2)24-10-17(22)20-21-18(23)11-25-16-6-4-3-5-15(16)19/h3-9H,10-11H2,1-2H3,(H,20,22)(H,21,23). The lowest BCUT2D eigenvalue weighted by Gasteiger charge is -2.11. The van der Waals surface area contributed by atoms with Crippen molar-refractivity contribution >= 4 is 23.4 Å². The van der Waals surface area contributed by atoms with E-state index in [2.05, 4.69) is 10.9 Å². The van der Waals surface area contributed by atoms with E-state index in [1.165, 1.54) is 0 Å². The van der Waals surface area contributed by atoms with Crippen molar-refractivity contribution in [3.8, 4) is 11.5 Å². The van der Waals surface area contributed by atoms with Gasteiger partial charge in [0.15, 0.2) is 13.2 Å². The summed E-state index contributed by atoms with van der Waals surface area (Å²) >= 11 is 5.91. The molecule has 132 valence electrons. The number of amides is 2. The fourth-order valence-corrected chi connectivity index (χ4v) is 2.06. The minimum Gasteiger partial charge on any atom is -0.484 e. The maximum atomic E-state index is 11.7. The van der Waals surface area contributed by atoms with Gasteiger partial charge in [0.05, 0.1) is 5.02 Å². The zero-order valence-electron chi connectivity index (χ0n) is 14.0. The molecule has 0 heterocycles. The number of nitrogens with one attached hydrogen (secondary N) is 2. The average molecular weight is 363 g/mol. The molecule has 6 nitrogen and oxygen atoms in total. The van der Waals surface area contributed by atoms with Crippen molar-refractivity contribution in [1.29, 1.82) is 0 Å². The van der Waals surface area contributed by atoms with E-state index in [1.54, 1.807) is 30.3 Å². The first-order chi connectivity index (χ1) is 12.0. The number of para-hydroxylation sites is 1. The summed E-state index contributed by atoms with van der Waals surface area (Å²) in [5.74, 6) is -0.0147. The number of aryl methyl sites for hydroxylation is 2. The highest BCUT2D eigenvalue weighted by atomic mass is 35.5. The molecule has 0 aromatic heterocycles. The van der Waals surface area contributed by atoms with Gasteiger partial charge in [0.2, 0.25) is 0 Å². The van der Waals surface area contributed by atoms with E-state index in [0.29, 0.717) is 16.5 Å². The Kier molecular flexibility index (Phi) is 6.65. The third-order valence-corrected chi connectivity index (χ3v) is 3.70. The van der Waals surface area contributed by atoms with Crippen LogP contribution in [-0.4, -0.2) is 25.0 Å². The highest BCUT2D eigenvalue weighted by molar-refractivity contribution is 6.32. The van der Waals surface area contributed by atoms with Crippen LogP contribution in [0.15, 0.2) is 42.5 Å². The summed E-state index contributed by atoms with van der Waals surface area (Å²) in [7, 11) is 0. The lowest BCUT2D eigenvalue weighted by Crippen LogP contribution is -2.45. The Labute approximate surface area is 151 Å². The summed E-state index contributed by atoms with van der Waals surface area (Å²) in [6.45, 7) is 3.46. The minimum absolute atomic E-state index is 0.214. The fourth-order valence-electron chi connectivity index (χ4n) is 1.87. The SMILES string of the molecule is Cc1ccc(OCC(=O)NNC(=O)COc2ccccc2Cl)cc1C. The van der Waals surface area contributed by atoms with E-state index in [4.69, 9.17) is 21.1 Å². The Balaban J connectivity index is 1.69. The Morgan fingerprint density at radius 3 is 2.20 bits per heavy atom. The van der Waals surface area contributed by atoms with Crippen LogP contribution < -0.4 is 20.3 Å². The molecule has 0 radical (unpaired) electrons. The summed E-state index contributed by atoms with van der Waals surface area (Å²) in [6, 6.07) is 12.3. The van der Waals surface area contributed by atoms with Crippen molar-refractivity contribution in [2.75, 3.05) is 13.2 Å². The summed E-state index contributed by atoms with van der Waals surface area (Å²) in [4.78, 5) is 23.3. The summed E-state index contributed by atoms with van der Waals surface area (Å²) in [6.07, 6.45) is 0. The van der Waals surface area contributed by atoms with Gasteiger partial charge in [-0.05, 0) is 49.2 Å². The van der Waals surface area contributed by atoms with Gasteiger partial charge in [0, 0.05) is 0 Å². The largest absolute Gasteiger partial charge is 0.484 e. The number of halogens is 1. The first-order valence-corrected chi connectivity index (χ1v) is 7.98. The number of carbonyl (C=O) groups excluding carboxylic acids is 2. The topological polar surface area (TPSA) is 76.7 Å². The van der Waals surface area contributed by atoms with Crippen molar-refractivity contribution in [1.82, 2.24) is 10.9 Å². The van der Waals surface area contributed by atoms with E-state index < -0.39 is 11.8 Å². The second kappa shape index (κ2) is 8.94. The maximum Gasteiger partial charge on any atom is 0.276 e. The third kappa shape index (κ3) is 6.00. The van der Waals surface area contributed by atoms with E-state index in [0.717, 1.165) is 11.1 Å². The quantitative estimate of drug-likeness (QED) is 0.774. The number of hydrogen-bond donors (Lipinski definition) is 2. The summed E-state index contributed by atoms with van der Waals surface area (Å²) < 4.78 is 10.6. The van der Waals surface area contributed by atoms with Crippen LogP contribution in [0.4, 0.5) is 0 Å². The predicted octanol–water partition coefficient (Wildman–Crippen LogP) is 2.56. The lowest BCUT2D eigenvalue weighted by molar-refractivity contribution is -0.131. The zero-order valence-corrected chi connectivity index (χ0v) is 14.7. The van der Waals surface area contributed by atoms with Gasteiger partial charge in [-0.2, -0.15) is 0 Å². The second-order valence-electron chi connectivity index (χ2n) is 5.35. The van der Waals surface area contributed by atoms with Crippen LogP contribution in [0.3, 0.4) is 0 Å². The smallest absolute Gasteiger partial charge is 0.276 e. The molecule has 0 spiro atoms. The Morgan fingerprint density at radius 1 is 0.920 bits per heavy atom. The van der Waals surface area contributed by atoms with Crippen LogP contribution in [0.5, 0.6) is 11.5 Å². The molecule has 0 aliphatic carbocycles. The molecular weight excluding hydrogens is 344 g/mol. The van der Waals surface area contributed by atoms with Gasteiger partial charge in [0.1, 0.15) is 11.5 Å². The normalized spacial score (nSPS) is 10.0. The van der Waals surface area contributed by atoms with Gasteiger partial charge < -0.3 is 9.47 Å². The number of ether oxygens (including phenoxy) is 2. The molecule has 7 heteroatoms. The molecule has 2 N–H and O–H groups in total. The third-order valence-electron chi connectivity index (χ3n) is 3.39. The van der Waals surface area contributed by atoms with Crippen LogP contribution in [0.2, 0.25) is 5.02 Å². The number of benzene rings is 2. The number of hydrogen-bond acceptors (Lipinski definition) is 4. The summed E-state index contributed by atoms with van der Waals surface area (Å²) in [5, 5.41) is 0.404. The molecule has 0 saturated heterocycles. The van der Waals surface area contributed by atoms with Crippen LogP contribution in [-0.2, 0) is 9.59 Å². The van der Waals surface area contributed by atoms with Gasteiger partial charge in [0.25, 0.3) is 11.8 Å². The molecule has 0 unspecified atom stereocenters. The Morgan fingerprint density at radius 2 is 1.56 bits per heavy atom. The van der Waals surface area contributed by atoms with Gasteiger partial charge >= 0.3 is 0 Å². The highest BCUT2D eigenvalue weighted by Gasteiger charge is 2.08. The average Bonchev–Trinajstić information content (AvgIpc) is 2.60. The van der Waals surface area contributed by atoms with Crippen LogP contribution in [0.1, 0.15) is 11.1 Å². The van der Waals surface area contributed by atoms with E-state index in [1.807, 2.05) is 26.0 Å². The van der Waals surface area contributed by atoms with Crippen molar-refractivity contribution in [3.63, 3.8) is 0 Å². The second-order valence-corrected chi connectivity index (χ2v) is 5.76. The van der Waals surface area contributed by atoms with Crippen molar-refractivity contribution < 1.29 is 19.1 Å². The van der Waals surface area contributed by atoms with Crippen LogP contribution >= 0.6 is 11.6 Å². The van der Waals surface area contributed by atoms with Crippen LogP contribution in [0, 0.1) is 13.8 Å². The number of rotatable bonds is 6. The van der Waals surface area contributed by atoms with Gasteiger partial charge in [-0.15, -0.1) is 0 Å². The van der Waals surface area contributed by atoms with E-state index >= 15 is 0 Å². The van der Waals surface area contributed by atoms with Crippen molar-refractivity contribution in [3.05, 3.63) is 58.6 Å². The highest BCUT2D eigenvalue weighted by Crippen LogP contribution is 2.22. The number of carbonyl (C=O) groups is 2. The molecule has 25 heavy (non-hydrogen) atoms. The zero-order chi connectivity index (χ0) is 18.2. The predicted molar refractivity (Wildman–Crippen MR) is 94.6 cm³/mol. The molecule has 2 amide bonds.